The van der Waals surface area contributed by atoms with Crippen molar-refractivity contribution in [3.05, 3.63) is 35.4 Å². The Morgan fingerprint density at radius 3 is 2.39 bits per heavy atom. The Kier molecular flexibility index (Phi) is 4.75. The van der Waals surface area contributed by atoms with Crippen LogP contribution in [0.1, 0.15) is 30.9 Å². The van der Waals surface area contributed by atoms with Crippen molar-refractivity contribution in [2.45, 2.75) is 38.3 Å². The number of nitrogens with two attached hydrogens (primary N) is 1. The first-order valence-electron chi connectivity index (χ1n) is 6.82. The molecular formula is C15H24N2O. The molecule has 1 aliphatic heterocycles. The van der Waals surface area contributed by atoms with E-state index in [1.807, 2.05) is 0 Å². The van der Waals surface area contributed by atoms with Gasteiger partial charge in [-0.1, -0.05) is 24.3 Å². The topological polar surface area (TPSA) is 47.3 Å². The summed E-state index contributed by atoms with van der Waals surface area (Å²) in [6.45, 7) is 5.69. The zero-order valence-electron chi connectivity index (χ0n) is 11.2. The molecule has 0 unspecified atom stereocenters. The van der Waals surface area contributed by atoms with Crippen molar-refractivity contribution in [2.24, 2.45) is 5.73 Å². The lowest BCUT2D eigenvalue weighted by molar-refractivity contribution is 0.0446. The highest BCUT2D eigenvalue weighted by Crippen LogP contribution is 2.20. The first kappa shape index (κ1) is 13.5. The van der Waals surface area contributed by atoms with E-state index in [1.165, 1.54) is 11.1 Å². The van der Waals surface area contributed by atoms with Gasteiger partial charge in [-0.2, -0.15) is 0 Å². The molecule has 0 bridgehead atoms. The van der Waals surface area contributed by atoms with Gasteiger partial charge in [0, 0.05) is 25.3 Å². The average Bonchev–Trinajstić information content (AvgIpc) is 2.39. The lowest BCUT2D eigenvalue weighted by Crippen LogP contribution is -2.46. The summed E-state index contributed by atoms with van der Waals surface area (Å²) in [5.41, 5.74) is 8.43. The predicted octanol–water partition coefficient (Wildman–Crippen LogP) is 1.85. The smallest absolute Gasteiger partial charge is 0.0483 e. The maximum absolute atomic E-state index is 5.55. The van der Waals surface area contributed by atoms with Gasteiger partial charge in [0.05, 0.1) is 0 Å². The van der Waals surface area contributed by atoms with Crippen molar-refractivity contribution in [1.29, 1.82) is 0 Å². The number of hydrogen-bond acceptors (Lipinski definition) is 3. The Morgan fingerprint density at radius 1 is 1.17 bits per heavy atom. The Hall–Kier alpha value is -0.900. The van der Waals surface area contributed by atoms with E-state index in [9.17, 15) is 0 Å². The number of ether oxygens (including phenoxy) is 1. The molecule has 3 nitrogen and oxygen atoms in total. The molecule has 0 radical (unpaired) electrons. The fourth-order valence-electron chi connectivity index (χ4n) is 2.30. The third kappa shape index (κ3) is 3.80. The van der Waals surface area contributed by atoms with Crippen LogP contribution in [0.2, 0.25) is 0 Å². The minimum absolute atomic E-state index is 0.230. The SMILES string of the molecule is CC1(NCc2ccc(CCN)cc2)CCOCC1. The third-order valence-corrected chi connectivity index (χ3v) is 3.77. The molecule has 3 N–H and O–H groups in total. The largest absolute Gasteiger partial charge is 0.381 e. The monoisotopic (exact) mass is 248 g/mol. The van der Waals surface area contributed by atoms with Crippen LogP contribution in [0.15, 0.2) is 24.3 Å². The Morgan fingerprint density at radius 2 is 1.78 bits per heavy atom. The minimum Gasteiger partial charge on any atom is -0.381 e. The second-order valence-corrected chi connectivity index (χ2v) is 5.38. The highest BCUT2D eigenvalue weighted by atomic mass is 16.5. The lowest BCUT2D eigenvalue weighted by Gasteiger charge is -2.34. The van der Waals surface area contributed by atoms with E-state index >= 15 is 0 Å². The lowest BCUT2D eigenvalue weighted by atomic mass is 9.92. The van der Waals surface area contributed by atoms with Gasteiger partial charge < -0.3 is 15.8 Å². The molecule has 0 atom stereocenters. The van der Waals surface area contributed by atoms with Crippen LogP contribution in [-0.2, 0) is 17.7 Å². The second kappa shape index (κ2) is 6.32. The zero-order chi connectivity index (χ0) is 12.8. The molecule has 0 aromatic heterocycles. The molecule has 1 aromatic carbocycles. The van der Waals surface area contributed by atoms with E-state index in [0.29, 0.717) is 0 Å². The van der Waals surface area contributed by atoms with Gasteiger partial charge in [0.25, 0.3) is 0 Å². The van der Waals surface area contributed by atoms with Crippen LogP contribution in [0.25, 0.3) is 0 Å². The van der Waals surface area contributed by atoms with E-state index in [4.69, 9.17) is 10.5 Å². The number of hydrogen-bond donors (Lipinski definition) is 2. The van der Waals surface area contributed by atoms with E-state index in [1.54, 1.807) is 0 Å². The van der Waals surface area contributed by atoms with E-state index in [2.05, 4.69) is 36.5 Å². The molecule has 3 heteroatoms. The fourth-order valence-corrected chi connectivity index (χ4v) is 2.30. The Balaban J connectivity index is 1.85. The van der Waals surface area contributed by atoms with Gasteiger partial charge in [-0.15, -0.1) is 0 Å². The number of rotatable bonds is 5. The second-order valence-electron chi connectivity index (χ2n) is 5.38. The van der Waals surface area contributed by atoms with Gasteiger partial charge in [-0.25, -0.2) is 0 Å². The molecule has 0 aliphatic carbocycles. The summed E-state index contributed by atoms with van der Waals surface area (Å²) in [7, 11) is 0. The van der Waals surface area contributed by atoms with Crippen molar-refractivity contribution < 1.29 is 4.74 Å². The van der Waals surface area contributed by atoms with Crippen molar-refractivity contribution in [1.82, 2.24) is 5.32 Å². The normalized spacial score (nSPS) is 18.8. The van der Waals surface area contributed by atoms with Crippen molar-refractivity contribution in [2.75, 3.05) is 19.8 Å². The summed E-state index contributed by atoms with van der Waals surface area (Å²) in [4.78, 5) is 0. The molecule has 0 saturated carbocycles. The highest BCUT2D eigenvalue weighted by molar-refractivity contribution is 5.22. The van der Waals surface area contributed by atoms with Crippen molar-refractivity contribution in [3.63, 3.8) is 0 Å². The van der Waals surface area contributed by atoms with E-state index in [-0.39, 0.29) is 5.54 Å². The predicted molar refractivity (Wildman–Crippen MR) is 74.5 cm³/mol. The van der Waals surface area contributed by atoms with Crippen LogP contribution in [0.3, 0.4) is 0 Å². The van der Waals surface area contributed by atoms with Gasteiger partial charge in [0.15, 0.2) is 0 Å². The van der Waals surface area contributed by atoms with Crippen molar-refractivity contribution in [3.8, 4) is 0 Å². The standard InChI is InChI=1S/C15H24N2O/c1-15(7-10-18-11-8-15)17-12-14-4-2-13(3-5-14)6-9-16/h2-5,17H,6-12,16H2,1H3. The molecule has 1 aromatic rings. The Labute approximate surface area is 110 Å². The molecule has 1 fully saturated rings. The van der Waals surface area contributed by atoms with Gasteiger partial charge >= 0.3 is 0 Å². The van der Waals surface area contributed by atoms with Crippen LogP contribution in [0, 0.1) is 0 Å². The van der Waals surface area contributed by atoms with Crippen LogP contribution < -0.4 is 11.1 Å². The Bertz CT molecular complexity index is 355. The fraction of sp³-hybridized carbons (Fsp3) is 0.600. The summed E-state index contributed by atoms with van der Waals surface area (Å²) in [5.74, 6) is 0. The molecule has 100 valence electrons. The molecular weight excluding hydrogens is 224 g/mol. The number of nitrogens with one attached hydrogen (secondary N) is 1. The molecule has 1 saturated heterocycles. The molecule has 0 spiro atoms. The molecule has 0 amide bonds. The summed E-state index contributed by atoms with van der Waals surface area (Å²) < 4.78 is 5.41. The van der Waals surface area contributed by atoms with Crippen molar-refractivity contribution >= 4 is 0 Å². The summed E-state index contributed by atoms with van der Waals surface area (Å²) in [6, 6.07) is 8.74. The molecule has 18 heavy (non-hydrogen) atoms. The summed E-state index contributed by atoms with van der Waals surface area (Å²) in [6.07, 6.45) is 3.15. The minimum atomic E-state index is 0.230. The van der Waals surface area contributed by atoms with Gasteiger partial charge in [0.1, 0.15) is 0 Å². The maximum atomic E-state index is 5.55. The van der Waals surface area contributed by atoms with Crippen LogP contribution in [-0.4, -0.2) is 25.3 Å². The van der Waals surface area contributed by atoms with E-state index < -0.39 is 0 Å². The highest BCUT2D eigenvalue weighted by Gasteiger charge is 2.26. The van der Waals surface area contributed by atoms with Gasteiger partial charge in [0.2, 0.25) is 0 Å². The third-order valence-electron chi connectivity index (χ3n) is 3.77. The summed E-state index contributed by atoms with van der Waals surface area (Å²) >= 11 is 0. The first-order chi connectivity index (χ1) is 8.72. The molecule has 2 rings (SSSR count). The van der Waals surface area contributed by atoms with Crippen LogP contribution >= 0.6 is 0 Å². The first-order valence-corrected chi connectivity index (χ1v) is 6.82. The molecule has 1 heterocycles. The maximum Gasteiger partial charge on any atom is 0.0483 e. The average molecular weight is 248 g/mol. The van der Waals surface area contributed by atoms with E-state index in [0.717, 1.165) is 45.6 Å². The quantitative estimate of drug-likeness (QED) is 0.836. The van der Waals surface area contributed by atoms with Crippen LogP contribution in [0.4, 0.5) is 0 Å². The summed E-state index contributed by atoms with van der Waals surface area (Å²) in [5, 5.41) is 3.66. The zero-order valence-corrected chi connectivity index (χ0v) is 11.2. The van der Waals surface area contributed by atoms with Gasteiger partial charge in [-0.05, 0) is 43.9 Å². The molecule has 1 aliphatic rings. The van der Waals surface area contributed by atoms with Crippen LogP contribution in [0.5, 0.6) is 0 Å². The number of benzene rings is 1. The van der Waals surface area contributed by atoms with Gasteiger partial charge in [-0.3, -0.25) is 0 Å².